The Morgan fingerprint density at radius 2 is 1.40 bits per heavy atom. The Balaban J connectivity index is 0. The number of aliphatic hydroxyl groups excluding tert-OH is 2. The summed E-state index contributed by atoms with van der Waals surface area (Å²) in [6.07, 6.45) is -0.612. The van der Waals surface area contributed by atoms with E-state index in [4.69, 9.17) is 19.7 Å². The van der Waals surface area contributed by atoms with Gasteiger partial charge in [0, 0.05) is 13.1 Å². The van der Waals surface area contributed by atoms with E-state index in [1.165, 1.54) is 0 Å². The minimum absolute atomic E-state index is 0.00667. The normalized spacial score (nSPS) is 14.1. The number of ether oxygens (including phenoxy) is 2. The lowest BCUT2D eigenvalue weighted by Crippen LogP contribution is -2.22. The van der Waals surface area contributed by atoms with Crippen LogP contribution in [0.3, 0.4) is 0 Å². The van der Waals surface area contributed by atoms with Crippen molar-refractivity contribution in [2.45, 2.75) is 26.1 Å². The second kappa shape index (κ2) is 15.2. The average Bonchev–Trinajstić information content (AvgIpc) is 2.35. The second-order valence-corrected chi connectivity index (χ2v) is 5.39. The van der Waals surface area contributed by atoms with Crippen LogP contribution < -0.4 is 0 Å². The highest BCUT2D eigenvalue weighted by Crippen LogP contribution is 1.90. The Kier molecular flexibility index (Phi) is 16.7. The lowest BCUT2D eigenvalue weighted by molar-refractivity contribution is -0.0177. The van der Waals surface area contributed by atoms with Crippen LogP contribution >= 0.6 is 0 Å². The number of hydrogen-bond donors (Lipinski definition) is 2. The molecule has 0 rings (SSSR count). The average molecular weight is 294 g/mol. The molecule has 20 heavy (non-hydrogen) atoms. The van der Waals surface area contributed by atoms with Crippen molar-refractivity contribution in [1.82, 2.24) is 9.80 Å². The van der Waals surface area contributed by atoms with Crippen molar-refractivity contribution in [1.29, 1.82) is 0 Å². The van der Waals surface area contributed by atoms with Gasteiger partial charge < -0.3 is 29.5 Å². The van der Waals surface area contributed by atoms with Crippen LogP contribution in [0, 0.1) is 0 Å². The molecule has 2 N–H and O–H groups in total. The zero-order valence-electron chi connectivity index (χ0n) is 14.0. The molecule has 124 valence electrons. The Bertz CT molecular complexity index is 180. The summed E-state index contributed by atoms with van der Waals surface area (Å²) < 4.78 is 10.3. The Hall–Kier alpha value is -0.240. The summed E-state index contributed by atoms with van der Waals surface area (Å²) >= 11 is 0. The number of hydrogen-bond acceptors (Lipinski definition) is 6. The van der Waals surface area contributed by atoms with Gasteiger partial charge in [0.15, 0.2) is 0 Å². The van der Waals surface area contributed by atoms with Gasteiger partial charge in [0.25, 0.3) is 0 Å². The third-order valence-corrected chi connectivity index (χ3v) is 2.24. The highest BCUT2D eigenvalue weighted by Gasteiger charge is 2.00. The molecule has 0 aromatic carbocycles. The minimum Gasteiger partial charge on any atom is -0.394 e. The van der Waals surface area contributed by atoms with Gasteiger partial charge in [-0.25, -0.2) is 0 Å². The van der Waals surface area contributed by atoms with Crippen LogP contribution in [0.4, 0.5) is 0 Å². The molecule has 0 aliphatic rings. The van der Waals surface area contributed by atoms with Crippen LogP contribution in [0.1, 0.15) is 13.8 Å². The van der Waals surface area contributed by atoms with Crippen molar-refractivity contribution in [2.75, 3.05) is 67.7 Å². The van der Waals surface area contributed by atoms with E-state index < -0.39 is 6.10 Å². The van der Waals surface area contributed by atoms with Crippen LogP contribution in [0.2, 0.25) is 0 Å². The molecule has 0 aromatic heterocycles. The molecule has 0 spiro atoms. The maximum absolute atomic E-state index is 8.69. The van der Waals surface area contributed by atoms with E-state index in [2.05, 4.69) is 38.0 Å². The molecule has 0 heterocycles. The predicted molar refractivity (Wildman–Crippen MR) is 82.1 cm³/mol. The van der Waals surface area contributed by atoms with Crippen LogP contribution in [0.15, 0.2) is 0 Å². The topological polar surface area (TPSA) is 65.4 Å². The lowest BCUT2D eigenvalue weighted by atomic mass is 10.4. The van der Waals surface area contributed by atoms with Crippen LogP contribution in [-0.4, -0.2) is 99.9 Å². The third-order valence-electron chi connectivity index (χ3n) is 2.24. The fraction of sp³-hybridized carbons (Fsp3) is 1.00. The van der Waals surface area contributed by atoms with Crippen LogP contribution in [-0.2, 0) is 9.47 Å². The van der Waals surface area contributed by atoms with E-state index in [9.17, 15) is 0 Å². The minimum atomic E-state index is -0.445. The summed E-state index contributed by atoms with van der Waals surface area (Å²) in [5, 5.41) is 17.1. The molecule has 0 amide bonds. The summed E-state index contributed by atoms with van der Waals surface area (Å²) in [5.74, 6) is 0. The van der Waals surface area contributed by atoms with Crippen molar-refractivity contribution in [3.8, 4) is 0 Å². The first-order chi connectivity index (χ1) is 9.29. The monoisotopic (exact) mass is 294 g/mol. The van der Waals surface area contributed by atoms with E-state index >= 15 is 0 Å². The quantitative estimate of drug-likeness (QED) is 0.548. The molecular formula is C14H34N2O4. The first-order valence-corrected chi connectivity index (χ1v) is 7.07. The number of aliphatic hydroxyl groups is 2. The Morgan fingerprint density at radius 3 is 1.70 bits per heavy atom. The van der Waals surface area contributed by atoms with Crippen LogP contribution in [0.5, 0.6) is 0 Å². The molecule has 2 atom stereocenters. The molecule has 0 saturated carbocycles. The predicted octanol–water partition coefficient (Wildman–Crippen LogP) is -0.109. The van der Waals surface area contributed by atoms with Crippen molar-refractivity contribution < 1.29 is 19.7 Å². The van der Waals surface area contributed by atoms with Gasteiger partial charge in [-0.05, 0) is 42.0 Å². The molecule has 0 aromatic rings. The van der Waals surface area contributed by atoms with E-state index in [0.29, 0.717) is 6.61 Å². The second-order valence-electron chi connectivity index (χ2n) is 5.39. The fourth-order valence-electron chi connectivity index (χ4n) is 0.953. The standard InChI is InChI=1S/C8H20N2O.C6H14O3/c1-9(2)5-7-11-8-6-10(3)4;1-5(8)4-9-6(2)3-7/h5-8H2,1-4H3;5-8H,3-4H2,1-2H3. The van der Waals surface area contributed by atoms with Crippen molar-refractivity contribution >= 4 is 0 Å². The molecule has 0 bridgehead atoms. The Morgan fingerprint density at radius 1 is 0.950 bits per heavy atom. The number of rotatable bonds is 10. The Labute approximate surface area is 124 Å². The maximum Gasteiger partial charge on any atom is 0.0779 e. The highest BCUT2D eigenvalue weighted by atomic mass is 16.5. The van der Waals surface area contributed by atoms with E-state index in [0.717, 1.165) is 26.3 Å². The largest absolute Gasteiger partial charge is 0.394 e. The smallest absolute Gasteiger partial charge is 0.0779 e. The van der Waals surface area contributed by atoms with Crippen molar-refractivity contribution in [3.63, 3.8) is 0 Å². The molecule has 2 unspecified atom stereocenters. The molecule has 0 saturated heterocycles. The first kappa shape index (κ1) is 22.0. The number of nitrogens with zero attached hydrogens (tertiary/aromatic N) is 2. The highest BCUT2D eigenvalue weighted by molar-refractivity contribution is 4.47. The van der Waals surface area contributed by atoms with Gasteiger partial charge >= 0.3 is 0 Å². The van der Waals surface area contributed by atoms with Gasteiger partial charge in [-0.1, -0.05) is 0 Å². The van der Waals surface area contributed by atoms with Gasteiger partial charge in [0.1, 0.15) is 0 Å². The van der Waals surface area contributed by atoms with Crippen molar-refractivity contribution in [2.24, 2.45) is 0 Å². The van der Waals surface area contributed by atoms with Crippen LogP contribution in [0.25, 0.3) is 0 Å². The number of likely N-dealkylation sites (N-methyl/N-ethyl adjacent to an activating group) is 2. The molecule has 0 fully saturated rings. The summed E-state index contributed by atoms with van der Waals surface area (Å²) in [6, 6.07) is 0. The third kappa shape index (κ3) is 22.9. The lowest BCUT2D eigenvalue weighted by Gasteiger charge is -2.12. The fourth-order valence-corrected chi connectivity index (χ4v) is 0.953. The zero-order valence-corrected chi connectivity index (χ0v) is 14.0. The van der Waals surface area contributed by atoms with E-state index in [1.807, 2.05) is 0 Å². The maximum atomic E-state index is 8.69. The zero-order chi connectivity index (χ0) is 16.0. The van der Waals surface area contributed by atoms with Gasteiger partial charge in [-0.2, -0.15) is 0 Å². The molecule has 6 heteroatoms. The van der Waals surface area contributed by atoms with E-state index in [-0.39, 0.29) is 12.7 Å². The summed E-state index contributed by atoms with van der Waals surface area (Å²) in [6.45, 7) is 7.38. The molecule has 6 nitrogen and oxygen atoms in total. The molecule has 0 aliphatic heterocycles. The summed E-state index contributed by atoms with van der Waals surface area (Å²) in [7, 11) is 8.20. The molecule has 0 aliphatic carbocycles. The van der Waals surface area contributed by atoms with E-state index in [1.54, 1.807) is 13.8 Å². The first-order valence-electron chi connectivity index (χ1n) is 7.07. The molecular weight excluding hydrogens is 260 g/mol. The summed E-state index contributed by atoms with van der Waals surface area (Å²) in [4.78, 5) is 4.24. The van der Waals surface area contributed by atoms with Gasteiger partial charge in [0.2, 0.25) is 0 Å². The SMILES string of the molecule is CC(O)COC(C)CO.CN(C)CCOCCN(C)C. The van der Waals surface area contributed by atoms with Gasteiger partial charge in [0.05, 0.1) is 38.6 Å². The molecule has 0 radical (unpaired) electrons. The van der Waals surface area contributed by atoms with Crippen molar-refractivity contribution in [3.05, 3.63) is 0 Å². The summed E-state index contributed by atoms with van der Waals surface area (Å²) in [5.41, 5.74) is 0. The van der Waals surface area contributed by atoms with Gasteiger partial charge in [-0.3, -0.25) is 0 Å². The van der Waals surface area contributed by atoms with Gasteiger partial charge in [-0.15, -0.1) is 0 Å².